The van der Waals surface area contributed by atoms with Gasteiger partial charge in [0.05, 0.1) is 0 Å². The van der Waals surface area contributed by atoms with Crippen molar-refractivity contribution in [2.45, 2.75) is 18.9 Å². The van der Waals surface area contributed by atoms with Crippen LogP contribution >= 0.6 is 0 Å². The summed E-state index contributed by atoms with van der Waals surface area (Å²) >= 11 is 0. The second-order valence-corrected chi connectivity index (χ2v) is 2.43. The zero-order chi connectivity index (χ0) is 9.56. The zero-order valence-corrected chi connectivity index (χ0v) is 6.71. The van der Waals surface area contributed by atoms with Gasteiger partial charge >= 0.3 is 57.4 Å². The number of nitrogens with one attached hydrogen (secondary N) is 2. The van der Waals surface area contributed by atoms with Gasteiger partial charge in [-0.1, -0.05) is 0 Å². The first-order valence-corrected chi connectivity index (χ1v) is 3.60. The van der Waals surface area contributed by atoms with E-state index in [2.05, 4.69) is 5.32 Å². The van der Waals surface area contributed by atoms with Crippen LogP contribution in [0, 0.1) is 5.41 Å². The summed E-state index contributed by atoms with van der Waals surface area (Å²) in [6, 6.07) is -0.821. The summed E-state index contributed by atoms with van der Waals surface area (Å²) in [5.74, 6) is -1.11. The average Bonchev–Trinajstić information content (AvgIpc) is 1.97. The number of nitrogens with two attached hydrogens (primary N) is 2. The molecular weight excluding hydrogens is 199 g/mol. The van der Waals surface area contributed by atoms with Crippen LogP contribution in [0.2, 0.25) is 0 Å². The van der Waals surface area contributed by atoms with Gasteiger partial charge in [0.1, 0.15) is 6.04 Å². The monoisotopic (exact) mass is 214 g/mol. The Kier molecular flexibility index (Phi) is 10.8. The van der Waals surface area contributed by atoms with Crippen molar-refractivity contribution in [1.82, 2.24) is 5.32 Å². The molecule has 0 aromatic rings. The number of aliphatic carboxylic acids is 1. The van der Waals surface area contributed by atoms with Gasteiger partial charge in [-0.25, -0.2) is 0 Å². The van der Waals surface area contributed by atoms with Crippen molar-refractivity contribution in [1.29, 1.82) is 5.41 Å². The molecule has 0 aliphatic rings. The predicted molar refractivity (Wildman–Crippen MR) is 51.9 cm³/mol. The maximum atomic E-state index is 10.2. The third-order valence-corrected chi connectivity index (χ3v) is 1.32. The summed E-state index contributed by atoms with van der Waals surface area (Å²) in [5, 5.41) is 17.7. The van der Waals surface area contributed by atoms with Crippen LogP contribution in [0.4, 0.5) is 0 Å². The maximum absolute atomic E-state index is 10.2. The Hall–Kier alpha value is 0.336. The van der Waals surface area contributed by atoms with Crippen LogP contribution in [-0.2, 0) is 4.79 Å². The number of carboxylic acids is 1. The third-order valence-electron chi connectivity index (χ3n) is 1.32. The Bertz CT molecular complexity index is 176. The third kappa shape index (κ3) is 10.3. The summed E-state index contributed by atoms with van der Waals surface area (Å²) in [6.45, 7) is 0.482. The molecule has 0 amide bonds. The molecule has 6 nitrogen and oxygen atoms in total. The predicted octanol–water partition coefficient (Wildman–Crippen LogP) is -1.99. The van der Waals surface area contributed by atoms with Crippen LogP contribution < -0.4 is 16.8 Å². The van der Waals surface area contributed by atoms with Gasteiger partial charge in [0.25, 0.3) is 0 Å². The molecule has 0 heterocycles. The van der Waals surface area contributed by atoms with Crippen molar-refractivity contribution in [2.75, 3.05) is 6.54 Å². The number of carboxylic acid groups (broad SMARTS) is 1. The molecule has 0 bridgehead atoms. The molecule has 0 radical (unpaired) electrons. The summed E-state index contributed by atoms with van der Waals surface area (Å²) in [4.78, 5) is 10.2. The first-order chi connectivity index (χ1) is 5.54. The molecule has 0 aliphatic carbocycles. The van der Waals surface area contributed by atoms with Crippen molar-refractivity contribution in [2.24, 2.45) is 11.5 Å². The van der Waals surface area contributed by atoms with E-state index >= 15 is 0 Å². The molecule has 1 unspecified atom stereocenters. The van der Waals surface area contributed by atoms with Crippen molar-refractivity contribution < 1.29 is 9.90 Å². The average molecular weight is 214 g/mol. The van der Waals surface area contributed by atoms with Gasteiger partial charge in [0.2, 0.25) is 0 Å². The molecule has 72 valence electrons. The fourth-order valence-electron chi connectivity index (χ4n) is 0.669. The second kappa shape index (κ2) is 8.91. The first-order valence-electron chi connectivity index (χ1n) is 3.60. The fourth-order valence-corrected chi connectivity index (χ4v) is 0.669. The van der Waals surface area contributed by atoms with E-state index in [1.807, 2.05) is 0 Å². The van der Waals surface area contributed by atoms with Crippen LogP contribution in [0.15, 0.2) is 0 Å². The van der Waals surface area contributed by atoms with Gasteiger partial charge in [-0.05, 0) is 12.8 Å². The van der Waals surface area contributed by atoms with E-state index in [0.717, 1.165) is 0 Å². The van der Waals surface area contributed by atoms with Crippen LogP contribution in [0.5, 0.6) is 0 Å². The molecule has 0 saturated carbocycles. The van der Waals surface area contributed by atoms with Gasteiger partial charge in [0, 0.05) is 6.54 Å². The van der Waals surface area contributed by atoms with Crippen molar-refractivity contribution in [3.63, 3.8) is 0 Å². The van der Waals surface area contributed by atoms with Gasteiger partial charge in [-0.3, -0.25) is 10.2 Å². The Balaban J connectivity index is 0. The Morgan fingerprint density at radius 3 is 2.54 bits per heavy atom. The zero-order valence-electron chi connectivity index (χ0n) is 6.71. The van der Waals surface area contributed by atoms with Gasteiger partial charge in [-0.15, -0.1) is 0 Å². The SMILES string of the molecule is N=C(N)NCCCC(N)C(=O)O.[KH]. The van der Waals surface area contributed by atoms with E-state index in [0.29, 0.717) is 19.4 Å². The van der Waals surface area contributed by atoms with Crippen molar-refractivity contribution in [3.8, 4) is 0 Å². The number of guanidine groups is 1. The quantitative estimate of drug-likeness (QED) is 0.157. The summed E-state index contributed by atoms with van der Waals surface area (Å²) in [5.41, 5.74) is 10.2. The topological polar surface area (TPSA) is 125 Å². The minimum absolute atomic E-state index is 0. The molecule has 0 rings (SSSR count). The summed E-state index contributed by atoms with van der Waals surface area (Å²) in [6.07, 6.45) is 0.975. The van der Waals surface area contributed by atoms with E-state index < -0.39 is 12.0 Å². The standard InChI is InChI=1S/C6H14N4O2.K.H/c7-4(5(11)12)2-1-3-10-6(8)9;;/h4H,1-3,7H2,(H,11,12)(H4,8,9,10);;. The molecule has 0 aromatic heterocycles. The van der Waals surface area contributed by atoms with Gasteiger partial charge in [-0.2, -0.15) is 0 Å². The molecule has 0 fully saturated rings. The summed E-state index contributed by atoms with van der Waals surface area (Å²) < 4.78 is 0. The Labute approximate surface area is 119 Å². The second-order valence-electron chi connectivity index (χ2n) is 2.43. The minimum atomic E-state index is -1.00. The van der Waals surface area contributed by atoms with Crippen LogP contribution in [-0.4, -0.2) is 81.0 Å². The van der Waals surface area contributed by atoms with E-state index in [-0.39, 0.29) is 57.3 Å². The molecule has 7 heteroatoms. The Morgan fingerprint density at radius 2 is 2.15 bits per heavy atom. The van der Waals surface area contributed by atoms with Gasteiger partial charge in [0.15, 0.2) is 5.96 Å². The van der Waals surface area contributed by atoms with Crippen molar-refractivity contribution in [3.05, 3.63) is 0 Å². The van der Waals surface area contributed by atoms with E-state index in [1.165, 1.54) is 0 Å². The first kappa shape index (κ1) is 15.8. The van der Waals surface area contributed by atoms with Crippen LogP contribution in [0.1, 0.15) is 12.8 Å². The number of carbonyl (C=O) groups is 1. The van der Waals surface area contributed by atoms with E-state index in [9.17, 15) is 4.79 Å². The summed E-state index contributed by atoms with van der Waals surface area (Å²) in [7, 11) is 0. The van der Waals surface area contributed by atoms with Crippen LogP contribution in [0.25, 0.3) is 0 Å². The number of rotatable bonds is 5. The Morgan fingerprint density at radius 1 is 1.62 bits per heavy atom. The van der Waals surface area contributed by atoms with E-state index in [1.54, 1.807) is 0 Å². The van der Waals surface area contributed by atoms with Crippen LogP contribution in [0.3, 0.4) is 0 Å². The molecular formula is C6H15KN4O2. The molecule has 0 spiro atoms. The molecule has 0 aliphatic heterocycles. The van der Waals surface area contributed by atoms with E-state index in [4.69, 9.17) is 22.0 Å². The molecule has 0 saturated heterocycles. The molecule has 0 aromatic carbocycles. The molecule has 13 heavy (non-hydrogen) atoms. The fraction of sp³-hybridized carbons (Fsp3) is 0.667. The molecule has 7 N–H and O–H groups in total. The van der Waals surface area contributed by atoms with Crippen molar-refractivity contribution >= 4 is 63.3 Å². The number of hydrogen-bond donors (Lipinski definition) is 5. The van der Waals surface area contributed by atoms with Gasteiger partial charge < -0.3 is 21.9 Å². The normalized spacial score (nSPS) is 11.2. The number of hydrogen-bond acceptors (Lipinski definition) is 3. The molecule has 1 atom stereocenters.